The van der Waals surface area contributed by atoms with Gasteiger partial charge >= 0.3 is 5.69 Å². The molecule has 2 heterocycles. The van der Waals surface area contributed by atoms with Gasteiger partial charge in [0.1, 0.15) is 0 Å². The summed E-state index contributed by atoms with van der Waals surface area (Å²) in [6.45, 7) is 1.82. The van der Waals surface area contributed by atoms with Crippen molar-refractivity contribution in [2.45, 2.75) is 51.0 Å². The van der Waals surface area contributed by atoms with Crippen LogP contribution in [0.2, 0.25) is 0 Å². The van der Waals surface area contributed by atoms with Gasteiger partial charge in [-0.2, -0.15) is 4.98 Å². The highest BCUT2D eigenvalue weighted by Gasteiger charge is 2.23. The van der Waals surface area contributed by atoms with E-state index >= 15 is 0 Å². The number of aromatic amines is 1. The zero-order valence-corrected chi connectivity index (χ0v) is 10.1. The average molecular weight is 233 g/mol. The van der Waals surface area contributed by atoms with Crippen molar-refractivity contribution in [3.63, 3.8) is 0 Å². The molecular formula is C13H19N3O. The Morgan fingerprint density at radius 1 is 1.18 bits per heavy atom. The molecule has 0 radical (unpaired) electrons. The number of fused-ring (bicyclic) bond motifs is 1. The molecule has 1 aromatic rings. The fraction of sp³-hybridized carbons (Fsp3) is 0.692. The molecule has 17 heavy (non-hydrogen) atoms. The van der Waals surface area contributed by atoms with Gasteiger partial charge in [-0.15, -0.1) is 0 Å². The summed E-state index contributed by atoms with van der Waals surface area (Å²) in [7, 11) is 0. The Hall–Kier alpha value is -1.16. The number of H-pyrrole nitrogens is 1. The van der Waals surface area contributed by atoms with Crippen molar-refractivity contribution in [3.8, 4) is 0 Å². The monoisotopic (exact) mass is 233 g/mol. The van der Waals surface area contributed by atoms with Crippen LogP contribution >= 0.6 is 0 Å². The van der Waals surface area contributed by atoms with Gasteiger partial charge in [-0.05, 0) is 12.8 Å². The molecule has 4 nitrogen and oxygen atoms in total. The molecule has 0 saturated heterocycles. The van der Waals surface area contributed by atoms with Crippen molar-refractivity contribution in [2.75, 3.05) is 6.54 Å². The van der Waals surface area contributed by atoms with Crippen LogP contribution in [0.25, 0.3) is 0 Å². The fourth-order valence-electron chi connectivity index (χ4n) is 3.12. The molecule has 1 saturated carbocycles. The van der Waals surface area contributed by atoms with Crippen LogP contribution in [-0.4, -0.2) is 16.5 Å². The van der Waals surface area contributed by atoms with Crippen LogP contribution in [0.15, 0.2) is 4.79 Å². The van der Waals surface area contributed by atoms with Gasteiger partial charge in [0, 0.05) is 36.7 Å². The number of hydrogen-bond acceptors (Lipinski definition) is 3. The highest BCUT2D eigenvalue weighted by molar-refractivity contribution is 5.29. The van der Waals surface area contributed by atoms with Crippen molar-refractivity contribution in [3.05, 3.63) is 27.4 Å². The Labute approximate surface area is 101 Å². The lowest BCUT2D eigenvalue weighted by Crippen LogP contribution is -2.31. The number of nitrogens with zero attached hydrogens (tertiary/aromatic N) is 1. The average Bonchev–Trinajstić information content (AvgIpc) is 2.39. The summed E-state index contributed by atoms with van der Waals surface area (Å²) < 4.78 is 0. The van der Waals surface area contributed by atoms with E-state index in [1.54, 1.807) is 0 Å². The maximum atomic E-state index is 11.6. The van der Waals surface area contributed by atoms with Crippen molar-refractivity contribution < 1.29 is 0 Å². The summed E-state index contributed by atoms with van der Waals surface area (Å²) >= 11 is 0. The van der Waals surface area contributed by atoms with E-state index in [2.05, 4.69) is 15.3 Å². The second kappa shape index (κ2) is 4.61. The van der Waals surface area contributed by atoms with Gasteiger partial charge in [-0.25, -0.2) is 4.79 Å². The van der Waals surface area contributed by atoms with Gasteiger partial charge in [-0.3, -0.25) is 0 Å². The maximum Gasteiger partial charge on any atom is 0.345 e. The van der Waals surface area contributed by atoms with Crippen molar-refractivity contribution in [2.24, 2.45) is 0 Å². The van der Waals surface area contributed by atoms with E-state index in [4.69, 9.17) is 0 Å². The van der Waals surface area contributed by atoms with E-state index in [0.29, 0.717) is 5.92 Å². The van der Waals surface area contributed by atoms with Crippen molar-refractivity contribution >= 4 is 0 Å². The predicted octanol–water partition coefficient (Wildman–Crippen LogP) is 1.46. The fourth-order valence-corrected chi connectivity index (χ4v) is 3.12. The van der Waals surface area contributed by atoms with Gasteiger partial charge in [-0.1, -0.05) is 19.3 Å². The van der Waals surface area contributed by atoms with Gasteiger partial charge in [0.2, 0.25) is 0 Å². The lowest BCUT2D eigenvalue weighted by atomic mass is 9.84. The molecule has 0 unspecified atom stereocenters. The summed E-state index contributed by atoms with van der Waals surface area (Å²) in [5.74, 6) is 0.514. The van der Waals surface area contributed by atoms with Crippen LogP contribution in [0.1, 0.15) is 55.0 Å². The van der Waals surface area contributed by atoms with Crippen LogP contribution < -0.4 is 11.0 Å². The molecule has 1 aliphatic carbocycles. The summed E-state index contributed by atoms with van der Waals surface area (Å²) in [6.07, 6.45) is 7.21. The standard InChI is InChI=1S/C13H19N3O/c17-13-15-11-6-7-14-8-10(11)12(16-13)9-4-2-1-3-5-9/h9,14H,1-8H2,(H,15,16,17). The molecule has 2 aliphatic rings. The van der Waals surface area contributed by atoms with Crippen LogP contribution in [-0.2, 0) is 13.0 Å². The minimum absolute atomic E-state index is 0.161. The van der Waals surface area contributed by atoms with E-state index in [1.807, 2.05) is 0 Å². The first-order valence-corrected chi connectivity index (χ1v) is 6.67. The Morgan fingerprint density at radius 3 is 2.82 bits per heavy atom. The molecule has 92 valence electrons. The van der Waals surface area contributed by atoms with Gasteiger partial charge in [0.25, 0.3) is 0 Å². The summed E-state index contributed by atoms with van der Waals surface area (Å²) in [6, 6.07) is 0. The Bertz CT molecular complexity index is 460. The number of hydrogen-bond donors (Lipinski definition) is 2. The molecule has 3 rings (SSSR count). The lowest BCUT2D eigenvalue weighted by Gasteiger charge is -2.26. The lowest BCUT2D eigenvalue weighted by molar-refractivity contribution is 0.429. The Balaban J connectivity index is 2.01. The van der Waals surface area contributed by atoms with E-state index in [1.165, 1.54) is 37.7 Å². The van der Waals surface area contributed by atoms with Gasteiger partial charge in [0.05, 0.1) is 5.69 Å². The quantitative estimate of drug-likeness (QED) is 0.772. The van der Waals surface area contributed by atoms with Gasteiger partial charge in [0.15, 0.2) is 0 Å². The first-order chi connectivity index (χ1) is 8.34. The highest BCUT2D eigenvalue weighted by atomic mass is 16.1. The molecule has 0 amide bonds. The third-order valence-electron chi connectivity index (χ3n) is 4.00. The van der Waals surface area contributed by atoms with E-state index in [0.717, 1.165) is 30.9 Å². The third kappa shape index (κ3) is 2.14. The Kier molecular flexibility index (Phi) is 2.97. The summed E-state index contributed by atoms with van der Waals surface area (Å²) in [5, 5.41) is 3.38. The predicted molar refractivity (Wildman–Crippen MR) is 66.1 cm³/mol. The SMILES string of the molecule is O=c1nc(C2CCCCC2)c2c([nH]1)CCNC2. The zero-order valence-electron chi connectivity index (χ0n) is 10.1. The normalized spacial score (nSPS) is 21.2. The first-order valence-electron chi connectivity index (χ1n) is 6.67. The molecule has 0 bridgehead atoms. The van der Waals surface area contributed by atoms with E-state index in [-0.39, 0.29) is 5.69 Å². The summed E-state index contributed by atoms with van der Waals surface area (Å²) in [4.78, 5) is 18.8. The smallest absolute Gasteiger partial charge is 0.312 e. The number of nitrogens with one attached hydrogen (secondary N) is 2. The molecule has 0 aromatic carbocycles. The number of aromatic nitrogens is 2. The second-order valence-electron chi connectivity index (χ2n) is 5.15. The second-order valence-corrected chi connectivity index (χ2v) is 5.15. The van der Waals surface area contributed by atoms with Gasteiger partial charge < -0.3 is 10.3 Å². The van der Waals surface area contributed by atoms with Crippen LogP contribution in [0.4, 0.5) is 0 Å². The molecule has 2 N–H and O–H groups in total. The van der Waals surface area contributed by atoms with Crippen molar-refractivity contribution in [1.29, 1.82) is 0 Å². The molecule has 1 aliphatic heterocycles. The van der Waals surface area contributed by atoms with Crippen LogP contribution in [0.3, 0.4) is 0 Å². The molecule has 0 spiro atoms. The van der Waals surface area contributed by atoms with E-state index < -0.39 is 0 Å². The number of rotatable bonds is 1. The van der Waals surface area contributed by atoms with Crippen LogP contribution in [0, 0.1) is 0 Å². The minimum Gasteiger partial charge on any atom is -0.312 e. The largest absolute Gasteiger partial charge is 0.345 e. The Morgan fingerprint density at radius 2 is 2.00 bits per heavy atom. The highest BCUT2D eigenvalue weighted by Crippen LogP contribution is 2.33. The molecule has 1 fully saturated rings. The van der Waals surface area contributed by atoms with E-state index in [9.17, 15) is 4.79 Å². The third-order valence-corrected chi connectivity index (χ3v) is 4.00. The topological polar surface area (TPSA) is 57.8 Å². The molecular weight excluding hydrogens is 214 g/mol. The van der Waals surface area contributed by atoms with Crippen molar-refractivity contribution in [1.82, 2.24) is 15.3 Å². The minimum atomic E-state index is -0.161. The maximum absolute atomic E-state index is 11.6. The summed E-state index contributed by atoms with van der Waals surface area (Å²) in [5.41, 5.74) is 3.30. The first kappa shape index (κ1) is 11.0. The molecule has 0 atom stereocenters. The molecule has 4 heteroatoms. The van der Waals surface area contributed by atoms with Crippen LogP contribution in [0.5, 0.6) is 0 Å². The zero-order chi connectivity index (χ0) is 11.7. The molecule has 1 aromatic heterocycles.